The molecule has 5 atom stereocenters. The number of rotatable bonds is 3. The Morgan fingerprint density at radius 1 is 1.21 bits per heavy atom. The van der Waals surface area contributed by atoms with Crippen LogP contribution in [0, 0.1) is 17.5 Å². The fourth-order valence-electron chi connectivity index (χ4n) is 3.73. The van der Waals surface area contributed by atoms with Crippen LogP contribution in [0.1, 0.15) is 18.9 Å². The third kappa shape index (κ3) is 2.99. The average Bonchev–Trinajstić information content (AvgIpc) is 3.33. The molecule has 0 amide bonds. The lowest BCUT2D eigenvalue weighted by Gasteiger charge is -2.47. The molecule has 2 fully saturated rings. The zero-order valence-electron chi connectivity index (χ0n) is 14.5. The van der Waals surface area contributed by atoms with Gasteiger partial charge in [-0.25, -0.2) is 17.9 Å². The van der Waals surface area contributed by atoms with E-state index in [1.54, 1.807) is 0 Å². The Labute approximate surface area is 157 Å². The summed E-state index contributed by atoms with van der Waals surface area (Å²) in [6, 6.07) is 0.434. The van der Waals surface area contributed by atoms with Crippen molar-refractivity contribution in [2.45, 2.75) is 43.0 Å². The maximum Gasteiger partial charge on any atom is 0.197 e. The molecule has 0 aliphatic carbocycles. The zero-order valence-corrected chi connectivity index (χ0v) is 14.5. The fraction of sp³-hybridized carbons (Fsp3) is 0.529. The lowest BCUT2D eigenvalue weighted by molar-refractivity contribution is -0.339. The molecule has 2 aromatic rings. The molecule has 2 saturated heterocycles. The van der Waals surface area contributed by atoms with Crippen LogP contribution >= 0.6 is 0 Å². The number of halogens is 3. The van der Waals surface area contributed by atoms with Gasteiger partial charge in [-0.3, -0.25) is 0 Å². The average molecular weight is 401 g/mol. The van der Waals surface area contributed by atoms with Crippen LogP contribution in [0.25, 0.3) is 11.3 Å². The number of aliphatic hydroxyl groups excluding tert-OH is 3. The van der Waals surface area contributed by atoms with Crippen LogP contribution in [-0.2, 0) is 9.47 Å². The molecule has 2 aliphatic rings. The molecule has 0 radical (unpaired) electrons. The third-order valence-electron chi connectivity index (χ3n) is 5.15. The second kappa shape index (κ2) is 7.08. The lowest BCUT2D eigenvalue weighted by Crippen LogP contribution is -2.62. The highest BCUT2D eigenvalue weighted by Gasteiger charge is 2.57. The topological polar surface area (TPSA) is 110 Å². The number of benzene rings is 1. The molecule has 8 nitrogen and oxygen atoms in total. The van der Waals surface area contributed by atoms with E-state index in [0.717, 1.165) is 16.8 Å². The predicted molar refractivity (Wildman–Crippen MR) is 86.3 cm³/mol. The van der Waals surface area contributed by atoms with Crippen molar-refractivity contribution in [3.63, 3.8) is 0 Å². The normalized spacial score (nSPS) is 32.9. The lowest BCUT2D eigenvalue weighted by atomic mass is 9.89. The van der Waals surface area contributed by atoms with Crippen LogP contribution in [-0.4, -0.2) is 67.6 Å². The van der Waals surface area contributed by atoms with Crippen molar-refractivity contribution < 1.29 is 38.0 Å². The maximum atomic E-state index is 13.5. The molecule has 2 aliphatic heterocycles. The molecule has 0 bridgehead atoms. The number of hydrogen-bond donors (Lipinski definition) is 3. The summed E-state index contributed by atoms with van der Waals surface area (Å²) in [5.41, 5.74) is -0.0603. The molecule has 11 heteroatoms. The van der Waals surface area contributed by atoms with E-state index in [1.165, 1.54) is 6.20 Å². The molecule has 152 valence electrons. The van der Waals surface area contributed by atoms with Crippen molar-refractivity contribution >= 4 is 0 Å². The van der Waals surface area contributed by atoms with Gasteiger partial charge in [0.1, 0.15) is 30.0 Å². The maximum absolute atomic E-state index is 13.5. The number of aliphatic hydroxyl groups is 3. The molecule has 28 heavy (non-hydrogen) atoms. The van der Waals surface area contributed by atoms with Gasteiger partial charge in [-0.2, -0.15) is 0 Å². The van der Waals surface area contributed by atoms with E-state index in [2.05, 4.69) is 10.3 Å². The smallest absolute Gasteiger partial charge is 0.197 e. The second-order valence-electron chi connectivity index (χ2n) is 6.87. The Bertz CT molecular complexity index is 850. The van der Waals surface area contributed by atoms with Gasteiger partial charge < -0.3 is 24.8 Å². The fourth-order valence-corrected chi connectivity index (χ4v) is 3.73. The molecule has 4 rings (SSSR count). The van der Waals surface area contributed by atoms with Gasteiger partial charge in [0.15, 0.2) is 23.2 Å². The van der Waals surface area contributed by atoms with Crippen LogP contribution in [0.3, 0.4) is 0 Å². The van der Waals surface area contributed by atoms with E-state index in [9.17, 15) is 28.5 Å². The third-order valence-corrected chi connectivity index (χ3v) is 5.15. The van der Waals surface area contributed by atoms with E-state index in [1.807, 2.05) is 0 Å². The first kappa shape index (κ1) is 19.3. The van der Waals surface area contributed by atoms with Gasteiger partial charge in [-0.15, -0.1) is 5.10 Å². The summed E-state index contributed by atoms with van der Waals surface area (Å²) in [4.78, 5) is 0. The van der Waals surface area contributed by atoms with Crippen LogP contribution in [0.5, 0.6) is 0 Å². The second-order valence-corrected chi connectivity index (χ2v) is 6.87. The molecule has 1 aromatic heterocycles. The van der Waals surface area contributed by atoms with Gasteiger partial charge in [-0.05, 0) is 18.6 Å². The van der Waals surface area contributed by atoms with Crippen molar-refractivity contribution in [2.75, 3.05) is 13.2 Å². The SMILES string of the molecule is OC[C@H]1O[C@]2(CCCO2)[C@H](O)[C@@H](n2cc(-c3cc(F)c(F)c(F)c3)nn2)[C@H]1O. The number of nitrogens with zero attached hydrogens (tertiary/aromatic N) is 3. The molecular formula is C17H18F3N3O5. The van der Waals surface area contributed by atoms with Gasteiger partial charge in [0.2, 0.25) is 0 Å². The van der Waals surface area contributed by atoms with Gasteiger partial charge in [0, 0.05) is 12.0 Å². The van der Waals surface area contributed by atoms with Gasteiger partial charge in [-0.1, -0.05) is 5.21 Å². The molecular weight excluding hydrogens is 383 g/mol. The Morgan fingerprint density at radius 2 is 1.93 bits per heavy atom. The predicted octanol–water partition coefficient (Wildman–Crippen LogP) is 0.523. The number of aromatic nitrogens is 3. The molecule has 3 heterocycles. The number of ether oxygens (including phenoxy) is 2. The number of hydrogen-bond acceptors (Lipinski definition) is 7. The van der Waals surface area contributed by atoms with Crippen LogP contribution in [0.4, 0.5) is 13.2 Å². The van der Waals surface area contributed by atoms with Gasteiger partial charge in [0.25, 0.3) is 0 Å². The molecule has 3 N–H and O–H groups in total. The minimum atomic E-state index is -1.60. The van der Waals surface area contributed by atoms with Crippen molar-refractivity contribution in [2.24, 2.45) is 0 Å². The summed E-state index contributed by atoms with van der Waals surface area (Å²) in [7, 11) is 0. The Kier molecular flexibility index (Phi) is 4.88. The highest BCUT2D eigenvalue weighted by molar-refractivity contribution is 5.57. The first-order chi connectivity index (χ1) is 13.4. The molecule has 0 saturated carbocycles. The van der Waals surface area contributed by atoms with Crippen molar-refractivity contribution in [3.8, 4) is 11.3 Å². The zero-order chi connectivity index (χ0) is 20.1. The quantitative estimate of drug-likeness (QED) is 0.644. The summed E-state index contributed by atoms with van der Waals surface area (Å²) in [6.45, 7) is -0.180. The highest BCUT2D eigenvalue weighted by Crippen LogP contribution is 2.42. The van der Waals surface area contributed by atoms with E-state index in [-0.39, 0.29) is 11.3 Å². The Morgan fingerprint density at radius 3 is 2.54 bits per heavy atom. The van der Waals surface area contributed by atoms with Gasteiger partial charge in [0.05, 0.1) is 19.4 Å². The largest absolute Gasteiger partial charge is 0.394 e. The van der Waals surface area contributed by atoms with Crippen LogP contribution < -0.4 is 0 Å². The first-order valence-corrected chi connectivity index (χ1v) is 8.72. The van der Waals surface area contributed by atoms with Crippen LogP contribution in [0.2, 0.25) is 0 Å². The van der Waals surface area contributed by atoms with Crippen molar-refractivity contribution in [3.05, 3.63) is 35.8 Å². The summed E-state index contributed by atoms with van der Waals surface area (Å²) in [5.74, 6) is -5.77. The summed E-state index contributed by atoms with van der Waals surface area (Å²) in [6.07, 6.45) is -1.51. The summed E-state index contributed by atoms with van der Waals surface area (Å²) in [5, 5.41) is 38.5. The van der Waals surface area contributed by atoms with E-state index in [4.69, 9.17) is 9.47 Å². The minimum absolute atomic E-state index is 0.00521. The van der Waals surface area contributed by atoms with Crippen molar-refractivity contribution in [1.29, 1.82) is 0 Å². The Balaban J connectivity index is 1.70. The summed E-state index contributed by atoms with van der Waals surface area (Å²) >= 11 is 0. The molecule has 1 aromatic carbocycles. The monoisotopic (exact) mass is 401 g/mol. The highest BCUT2D eigenvalue weighted by atomic mass is 19.2. The Hall–Kier alpha value is -2.05. The van der Waals surface area contributed by atoms with E-state index >= 15 is 0 Å². The van der Waals surface area contributed by atoms with Crippen LogP contribution in [0.15, 0.2) is 18.3 Å². The van der Waals surface area contributed by atoms with Crippen molar-refractivity contribution in [1.82, 2.24) is 15.0 Å². The molecule has 1 spiro atoms. The molecule has 0 unspecified atom stereocenters. The minimum Gasteiger partial charge on any atom is -0.394 e. The van der Waals surface area contributed by atoms with E-state index < -0.39 is 54.2 Å². The van der Waals surface area contributed by atoms with E-state index in [0.29, 0.717) is 19.4 Å². The first-order valence-electron chi connectivity index (χ1n) is 8.72. The standard InChI is InChI=1S/C17H18F3N3O5/c18-9-4-8(5-10(19)13(9)20)11-6-23(22-21-11)14-15(25)12(7-24)28-17(16(14)26)2-1-3-27-17/h4-6,12,14-16,24-26H,1-3,7H2/t12-,14+,15+,16-,17-/m1/s1. The summed E-state index contributed by atoms with van der Waals surface area (Å²) < 4.78 is 52.5. The van der Waals surface area contributed by atoms with Gasteiger partial charge >= 0.3 is 0 Å².